The Morgan fingerprint density at radius 1 is 0.826 bits per heavy atom. The molecule has 0 aliphatic carbocycles. The van der Waals surface area contributed by atoms with E-state index in [1.165, 1.54) is 13.8 Å². The molecule has 2 saturated heterocycles. The molecule has 4 aliphatic rings. The summed E-state index contributed by atoms with van der Waals surface area (Å²) in [6.07, 6.45) is 1.28. The molecular formula is C51H85NO16Si. The Kier molecular flexibility index (Phi) is 23.8. The summed E-state index contributed by atoms with van der Waals surface area (Å²) < 4.78 is 75.5. The molecule has 18 heteroatoms. The second-order valence-electron chi connectivity index (χ2n) is 19.5. The number of cyclic esters (lactones) is 1. The minimum Gasteiger partial charge on any atom is -0.542 e. The number of ether oxygens (including phenoxy) is 11. The Morgan fingerprint density at radius 3 is 2.12 bits per heavy atom. The quantitative estimate of drug-likeness (QED) is 0.0922. The van der Waals surface area contributed by atoms with Crippen molar-refractivity contribution in [2.24, 2.45) is 23.7 Å². The molecule has 4 aliphatic heterocycles. The predicted molar refractivity (Wildman–Crippen MR) is 259 cm³/mol. The SMILES string of the molecule is CC[Si](CC)(CC)OC1=CO[C@@H](OC[C@H]2/C=C(C)/C=C/C(=O)[C@H](C)C[C@@H]3CCOCCCCO[C@H](CC(=O)O[C@@H]2C)[C@H](C)[C@H]3O[C@@H]2OC(C)[C@@H](OC(C)=O)C(N(C)C)C2OC(C)=O)C(OC)C1OC. The summed E-state index contributed by atoms with van der Waals surface area (Å²) in [7, 11) is 4.72. The topological polar surface area (TPSA) is 182 Å². The Balaban J connectivity index is 1.71. The van der Waals surface area contributed by atoms with Gasteiger partial charge in [-0.05, 0) is 90.7 Å². The van der Waals surface area contributed by atoms with Crippen molar-refractivity contribution in [3.63, 3.8) is 0 Å². The van der Waals surface area contributed by atoms with Crippen LogP contribution in [0.3, 0.4) is 0 Å². The highest BCUT2D eigenvalue weighted by Crippen LogP contribution is 2.38. The van der Waals surface area contributed by atoms with Crippen molar-refractivity contribution in [3.8, 4) is 0 Å². The third-order valence-electron chi connectivity index (χ3n) is 14.3. The number of fused-ring (bicyclic) bond motifs is 3. The van der Waals surface area contributed by atoms with Gasteiger partial charge >= 0.3 is 17.9 Å². The van der Waals surface area contributed by atoms with E-state index in [0.29, 0.717) is 44.8 Å². The maximum atomic E-state index is 14.3. The van der Waals surface area contributed by atoms with Crippen LogP contribution in [0.15, 0.2) is 35.8 Å². The van der Waals surface area contributed by atoms with E-state index in [4.69, 9.17) is 56.5 Å². The van der Waals surface area contributed by atoms with E-state index in [0.717, 1.165) is 30.1 Å². The van der Waals surface area contributed by atoms with Crippen LogP contribution in [0.5, 0.6) is 0 Å². The average Bonchev–Trinajstić information content (AvgIpc) is 3.30. The molecule has 394 valence electrons. The standard InChI is InChI=1S/C51H85NO16Si/c1-15-69(16-2,17-3)68-42-30-62-50(49(58-14)47(42)57-13)61-29-39-26-31(4)20-21-40(55)32(5)27-38-22-25-59-23-18-19-24-60-41(28-43(56)63-34(39)7)33(6)45(38)67-51-48(66-37(10)54)44(52(11)12)46(35(8)64-51)65-36(9)53/h20-21,26,30,32-35,38-39,41,44-51H,15-19,22-25,27-29H2,1-14H3/b21-20+,31-26+/t32-,33+,34-,35?,38+,39-,41-,44?,45-,46-,47?,48?,49?,50-,51+/m1/s1. The molecule has 4 heterocycles. The first kappa shape index (κ1) is 58.4. The van der Waals surface area contributed by atoms with Gasteiger partial charge in [0.2, 0.25) is 14.6 Å². The molecule has 0 saturated carbocycles. The van der Waals surface area contributed by atoms with Crippen LogP contribution >= 0.6 is 0 Å². The van der Waals surface area contributed by atoms with Gasteiger partial charge in [-0.3, -0.25) is 24.1 Å². The normalized spacial score (nSPS) is 36.1. The zero-order valence-corrected chi connectivity index (χ0v) is 44.9. The summed E-state index contributed by atoms with van der Waals surface area (Å²) in [6.45, 7) is 19.8. The van der Waals surface area contributed by atoms with Crippen LogP contribution in [0.25, 0.3) is 0 Å². The summed E-state index contributed by atoms with van der Waals surface area (Å²) in [5, 5.41) is 0. The minimum absolute atomic E-state index is 0.0676. The molecule has 0 spiro atoms. The minimum atomic E-state index is -2.08. The second-order valence-corrected chi connectivity index (χ2v) is 24.1. The maximum absolute atomic E-state index is 14.3. The molecule has 15 atom stereocenters. The van der Waals surface area contributed by atoms with E-state index >= 15 is 0 Å². The molecule has 0 N–H and O–H groups in total. The monoisotopic (exact) mass is 996 g/mol. The molecule has 4 rings (SSSR count). The lowest BCUT2D eigenvalue weighted by Crippen LogP contribution is -2.65. The van der Waals surface area contributed by atoms with Gasteiger partial charge in [0.1, 0.15) is 30.3 Å². The molecule has 2 fully saturated rings. The van der Waals surface area contributed by atoms with Crippen LogP contribution in [-0.4, -0.2) is 159 Å². The number of allylic oxidation sites excluding steroid dienone is 3. The molecule has 69 heavy (non-hydrogen) atoms. The fourth-order valence-electron chi connectivity index (χ4n) is 9.96. The lowest BCUT2D eigenvalue weighted by Gasteiger charge is -2.48. The zero-order chi connectivity index (χ0) is 51.0. The van der Waals surface area contributed by atoms with Gasteiger partial charge in [-0.25, -0.2) is 0 Å². The third-order valence-corrected chi connectivity index (χ3v) is 18.8. The highest BCUT2D eigenvalue weighted by molar-refractivity contribution is 6.73. The van der Waals surface area contributed by atoms with Gasteiger partial charge in [-0.15, -0.1) is 0 Å². The number of hydrogen-bond acceptors (Lipinski definition) is 17. The van der Waals surface area contributed by atoms with E-state index in [9.17, 15) is 19.2 Å². The van der Waals surface area contributed by atoms with Crippen molar-refractivity contribution in [2.45, 2.75) is 187 Å². The second kappa shape index (κ2) is 28.1. The Morgan fingerprint density at radius 2 is 1.49 bits per heavy atom. The number of carbonyl (C=O) groups excluding carboxylic acids is 4. The summed E-state index contributed by atoms with van der Waals surface area (Å²) in [5.74, 6) is -2.80. The number of nitrogens with zero attached hydrogens (tertiary/aromatic N) is 1. The molecule has 5 unspecified atom stereocenters. The first-order chi connectivity index (χ1) is 32.8. The smallest absolute Gasteiger partial charge is 0.308 e. The van der Waals surface area contributed by atoms with Crippen molar-refractivity contribution in [2.75, 3.05) is 54.7 Å². The molecule has 0 amide bonds. The Hall–Kier alpha value is -3.20. The first-order valence-electron chi connectivity index (χ1n) is 25.1. The lowest BCUT2D eigenvalue weighted by molar-refractivity contribution is -0.309. The summed E-state index contributed by atoms with van der Waals surface area (Å²) in [5.41, 5.74) is 0.767. The number of carbonyl (C=O) groups is 4. The van der Waals surface area contributed by atoms with Gasteiger partial charge in [0.05, 0.1) is 37.4 Å². The van der Waals surface area contributed by atoms with Crippen LogP contribution in [0.1, 0.15) is 101 Å². The van der Waals surface area contributed by atoms with Gasteiger partial charge in [-0.2, -0.15) is 0 Å². The molecule has 17 nitrogen and oxygen atoms in total. The number of rotatable bonds is 15. The van der Waals surface area contributed by atoms with E-state index in [-0.39, 0.29) is 24.7 Å². The van der Waals surface area contributed by atoms with Crippen LogP contribution < -0.4 is 0 Å². The van der Waals surface area contributed by atoms with E-state index in [2.05, 4.69) is 20.8 Å². The molecular weight excluding hydrogens is 911 g/mol. The van der Waals surface area contributed by atoms with E-state index in [1.807, 2.05) is 52.8 Å². The fourth-order valence-corrected chi connectivity index (χ4v) is 12.6. The number of likely N-dealkylation sites (N-methyl/N-ethyl adjacent to an activating group) is 1. The number of esters is 3. The molecule has 0 aromatic heterocycles. The third kappa shape index (κ3) is 16.4. The fraction of sp³-hybridized carbons (Fsp3) is 0.804. The molecule has 0 aromatic carbocycles. The molecule has 0 radical (unpaired) electrons. The zero-order valence-electron chi connectivity index (χ0n) is 43.9. The highest BCUT2D eigenvalue weighted by atomic mass is 28.4. The lowest BCUT2D eigenvalue weighted by atomic mass is 9.79. The maximum Gasteiger partial charge on any atom is 0.308 e. The first-order valence-corrected chi connectivity index (χ1v) is 27.7. The largest absolute Gasteiger partial charge is 0.542 e. The van der Waals surface area contributed by atoms with Gasteiger partial charge in [0.25, 0.3) is 0 Å². The van der Waals surface area contributed by atoms with Gasteiger partial charge in [0, 0.05) is 65.6 Å². The molecule has 0 aromatic rings. The van der Waals surface area contributed by atoms with Gasteiger partial charge < -0.3 is 56.5 Å². The van der Waals surface area contributed by atoms with Crippen LogP contribution in [-0.2, 0) is 75.7 Å². The Labute approximate surface area is 412 Å². The molecule has 2 bridgehead atoms. The Bertz CT molecular complexity index is 1730. The van der Waals surface area contributed by atoms with Crippen molar-refractivity contribution < 1.29 is 75.7 Å². The summed E-state index contributed by atoms with van der Waals surface area (Å²) in [4.78, 5) is 55.3. The highest BCUT2D eigenvalue weighted by Gasteiger charge is 2.52. The summed E-state index contributed by atoms with van der Waals surface area (Å²) in [6, 6.07) is 2.17. The van der Waals surface area contributed by atoms with Gasteiger partial charge in [-0.1, -0.05) is 52.3 Å². The van der Waals surface area contributed by atoms with Crippen molar-refractivity contribution in [1.82, 2.24) is 4.90 Å². The van der Waals surface area contributed by atoms with Crippen LogP contribution in [0, 0.1) is 23.7 Å². The van der Waals surface area contributed by atoms with Crippen LogP contribution in [0.2, 0.25) is 18.1 Å². The van der Waals surface area contributed by atoms with Crippen molar-refractivity contribution in [3.05, 3.63) is 35.8 Å². The van der Waals surface area contributed by atoms with Gasteiger partial charge in [0.15, 0.2) is 24.3 Å². The van der Waals surface area contributed by atoms with Crippen molar-refractivity contribution >= 4 is 32.0 Å². The predicted octanol–water partition coefficient (Wildman–Crippen LogP) is 7.06. The number of methoxy groups -OCH3 is 2. The number of ketones is 1. The van der Waals surface area contributed by atoms with E-state index < -0.39 is 111 Å². The van der Waals surface area contributed by atoms with Crippen molar-refractivity contribution in [1.29, 1.82) is 0 Å². The number of hydrogen-bond donors (Lipinski definition) is 0. The average molecular weight is 996 g/mol. The van der Waals surface area contributed by atoms with Crippen LogP contribution in [0.4, 0.5) is 0 Å². The summed E-state index contributed by atoms with van der Waals surface area (Å²) >= 11 is 0. The van der Waals surface area contributed by atoms with E-state index in [1.54, 1.807) is 39.6 Å².